The zero-order valence-electron chi connectivity index (χ0n) is 10.7. The van der Waals surface area contributed by atoms with Crippen LogP contribution in [0.1, 0.15) is 43.6 Å². The van der Waals surface area contributed by atoms with E-state index in [0.717, 1.165) is 6.42 Å². The first-order valence-electron chi connectivity index (χ1n) is 6.38. The van der Waals surface area contributed by atoms with Crippen LogP contribution in [0, 0.1) is 11.8 Å². The number of hydrogen-bond acceptors (Lipinski definition) is 3. The summed E-state index contributed by atoms with van der Waals surface area (Å²) in [5.74, 6) is 0.994. The highest BCUT2D eigenvalue weighted by molar-refractivity contribution is 6.29. The molecule has 0 bridgehead atoms. The van der Waals surface area contributed by atoms with Gasteiger partial charge in [0.05, 0.1) is 0 Å². The van der Waals surface area contributed by atoms with Crippen LogP contribution in [-0.4, -0.2) is 22.1 Å². The summed E-state index contributed by atoms with van der Waals surface area (Å²) in [6, 6.07) is 3.41. The minimum Gasteiger partial charge on any atom is -0.348 e. The molecule has 0 aromatic carbocycles. The number of nitrogens with zero attached hydrogens (tertiary/aromatic N) is 2. The van der Waals surface area contributed by atoms with Crippen molar-refractivity contribution in [1.29, 1.82) is 0 Å². The average Bonchev–Trinajstić information content (AvgIpc) is 2.36. The molecule has 98 valence electrons. The van der Waals surface area contributed by atoms with Crippen LogP contribution in [0.2, 0.25) is 5.15 Å². The summed E-state index contributed by atoms with van der Waals surface area (Å²) in [6.45, 7) is 4.44. The zero-order valence-corrected chi connectivity index (χ0v) is 11.4. The normalized spacial score (nSPS) is 27.8. The van der Waals surface area contributed by atoms with Crippen molar-refractivity contribution in [1.82, 2.24) is 15.5 Å². The van der Waals surface area contributed by atoms with Crippen LogP contribution in [0.3, 0.4) is 0 Å². The van der Waals surface area contributed by atoms with E-state index in [-0.39, 0.29) is 11.9 Å². The van der Waals surface area contributed by atoms with Crippen molar-refractivity contribution >= 4 is 17.5 Å². The minimum absolute atomic E-state index is 0.162. The van der Waals surface area contributed by atoms with Crippen LogP contribution in [0.5, 0.6) is 0 Å². The van der Waals surface area contributed by atoms with Gasteiger partial charge in [0.2, 0.25) is 0 Å². The molecule has 0 aliphatic heterocycles. The van der Waals surface area contributed by atoms with Gasteiger partial charge in [-0.1, -0.05) is 38.3 Å². The van der Waals surface area contributed by atoms with Crippen LogP contribution >= 0.6 is 11.6 Å². The van der Waals surface area contributed by atoms with Gasteiger partial charge in [0.15, 0.2) is 10.8 Å². The lowest BCUT2D eigenvalue weighted by Gasteiger charge is -2.34. The highest BCUT2D eigenvalue weighted by Crippen LogP contribution is 2.29. The molecule has 1 heterocycles. The van der Waals surface area contributed by atoms with Crippen LogP contribution < -0.4 is 5.32 Å². The molecule has 5 heteroatoms. The Morgan fingerprint density at radius 1 is 1.33 bits per heavy atom. The van der Waals surface area contributed by atoms with Crippen molar-refractivity contribution in [2.45, 2.75) is 39.2 Å². The molecule has 1 aliphatic carbocycles. The SMILES string of the molecule is CC1CCCC(NC(=O)c2ccc(Cl)nn2)C1C. The molecule has 1 aromatic heterocycles. The van der Waals surface area contributed by atoms with E-state index in [2.05, 4.69) is 29.4 Å². The Morgan fingerprint density at radius 3 is 2.78 bits per heavy atom. The fraction of sp³-hybridized carbons (Fsp3) is 0.615. The lowest BCUT2D eigenvalue weighted by Crippen LogP contribution is -2.44. The van der Waals surface area contributed by atoms with E-state index in [1.54, 1.807) is 12.1 Å². The first kappa shape index (κ1) is 13.3. The molecule has 3 atom stereocenters. The van der Waals surface area contributed by atoms with Crippen molar-refractivity contribution in [2.75, 3.05) is 0 Å². The van der Waals surface area contributed by atoms with E-state index < -0.39 is 0 Å². The second-order valence-electron chi connectivity index (χ2n) is 5.09. The number of rotatable bonds is 2. The van der Waals surface area contributed by atoms with E-state index in [1.165, 1.54) is 12.8 Å². The fourth-order valence-corrected chi connectivity index (χ4v) is 2.57. The first-order chi connectivity index (χ1) is 8.58. The summed E-state index contributed by atoms with van der Waals surface area (Å²) in [5.41, 5.74) is 0.324. The van der Waals surface area contributed by atoms with Gasteiger partial charge >= 0.3 is 0 Å². The molecule has 3 unspecified atom stereocenters. The highest BCUT2D eigenvalue weighted by atomic mass is 35.5. The number of carbonyl (C=O) groups is 1. The largest absolute Gasteiger partial charge is 0.348 e. The standard InChI is InChI=1S/C13H18ClN3O/c1-8-4-3-5-10(9(8)2)15-13(18)11-6-7-12(14)17-16-11/h6-10H,3-5H2,1-2H3,(H,15,18). The molecule has 4 nitrogen and oxygen atoms in total. The van der Waals surface area contributed by atoms with E-state index in [4.69, 9.17) is 11.6 Å². The van der Waals surface area contributed by atoms with Gasteiger partial charge in [-0.3, -0.25) is 4.79 Å². The molecule has 1 N–H and O–H groups in total. The summed E-state index contributed by atoms with van der Waals surface area (Å²) in [7, 11) is 0. The maximum absolute atomic E-state index is 12.0. The maximum atomic E-state index is 12.0. The molecule has 0 saturated heterocycles. The lowest BCUT2D eigenvalue weighted by molar-refractivity contribution is 0.0885. The monoisotopic (exact) mass is 267 g/mol. The molecule has 0 spiro atoms. The van der Waals surface area contributed by atoms with Crippen molar-refractivity contribution in [3.63, 3.8) is 0 Å². The summed E-state index contributed by atoms with van der Waals surface area (Å²) < 4.78 is 0. The number of hydrogen-bond donors (Lipinski definition) is 1. The van der Waals surface area contributed by atoms with Gasteiger partial charge in [-0.2, -0.15) is 0 Å². The van der Waals surface area contributed by atoms with Crippen molar-refractivity contribution in [3.8, 4) is 0 Å². The summed E-state index contributed by atoms with van der Waals surface area (Å²) in [6.07, 6.45) is 3.45. The Labute approximate surface area is 112 Å². The fourth-order valence-electron chi connectivity index (χ4n) is 2.47. The smallest absolute Gasteiger partial charge is 0.272 e. The van der Waals surface area contributed by atoms with Gasteiger partial charge in [-0.15, -0.1) is 10.2 Å². The van der Waals surface area contributed by atoms with Crippen molar-refractivity contribution in [3.05, 3.63) is 23.0 Å². The molecule has 2 rings (SSSR count). The predicted molar refractivity (Wildman–Crippen MR) is 70.5 cm³/mol. The third kappa shape index (κ3) is 2.99. The Kier molecular flexibility index (Phi) is 4.17. The first-order valence-corrected chi connectivity index (χ1v) is 6.76. The Bertz CT molecular complexity index is 421. The highest BCUT2D eigenvalue weighted by Gasteiger charge is 2.28. The van der Waals surface area contributed by atoms with Crippen LogP contribution in [0.25, 0.3) is 0 Å². The quantitative estimate of drug-likeness (QED) is 0.896. The molecule has 0 radical (unpaired) electrons. The van der Waals surface area contributed by atoms with Gasteiger partial charge < -0.3 is 5.32 Å². The van der Waals surface area contributed by atoms with Gasteiger partial charge in [-0.05, 0) is 30.4 Å². The Hall–Kier alpha value is -1.16. The molecule has 1 saturated carbocycles. The van der Waals surface area contributed by atoms with Crippen LogP contribution in [0.4, 0.5) is 0 Å². The Balaban J connectivity index is 2.00. The van der Waals surface area contributed by atoms with Gasteiger partial charge in [-0.25, -0.2) is 0 Å². The molecular weight excluding hydrogens is 250 g/mol. The minimum atomic E-state index is -0.162. The lowest BCUT2D eigenvalue weighted by atomic mass is 9.78. The van der Waals surface area contributed by atoms with E-state index in [0.29, 0.717) is 22.7 Å². The zero-order chi connectivity index (χ0) is 13.1. The summed E-state index contributed by atoms with van der Waals surface area (Å²) in [4.78, 5) is 12.0. The van der Waals surface area contributed by atoms with E-state index >= 15 is 0 Å². The van der Waals surface area contributed by atoms with Gasteiger partial charge in [0.25, 0.3) is 5.91 Å². The van der Waals surface area contributed by atoms with E-state index in [1.807, 2.05) is 0 Å². The number of nitrogens with one attached hydrogen (secondary N) is 1. The Morgan fingerprint density at radius 2 is 2.11 bits per heavy atom. The number of halogens is 1. The average molecular weight is 268 g/mol. The summed E-state index contributed by atoms with van der Waals surface area (Å²) in [5, 5.41) is 10.8. The second kappa shape index (κ2) is 5.65. The molecule has 1 fully saturated rings. The molecule has 1 aromatic rings. The predicted octanol–water partition coefficient (Wildman–Crippen LogP) is 2.68. The molecule has 1 aliphatic rings. The van der Waals surface area contributed by atoms with Crippen molar-refractivity contribution < 1.29 is 4.79 Å². The number of amides is 1. The summed E-state index contributed by atoms with van der Waals surface area (Å²) >= 11 is 5.65. The van der Waals surface area contributed by atoms with Crippen LogP contribution in [-0.2, 0) is 0 Å². The van der Waals surface area contributed by atoms with Gasteiger partial charge in [0, 0.05) is 6.04 Å². The number of aromatic nitrogens is 2. The van der Waals surface area contributed by atoms with Gasteiger partial charge in [0.1, 0.15) is 0 Å². The third-order valence-corrected chi connectivity index (χ3v) is 4.09. The van der Waals surface area contributed by atoms with E-state index in [9.17, 15) is 4.79 Å². The molecular formula is C13H18ClN3O. The van der Waals surface area contributed by atoms with Crippen LogP contribution in [0.15, 0.2) is 12.1 Å². The maximum Gasteiger partial charge on any atom is 0.272 e. The second-order valence-corrected chi connectivity index (χ2v) is 5.48. The van der Waals surface area contributed by atoms with Crippen molar-refractivity contribution in [2.24, 2.45) is 11.8 Å². The number of carbonyl (C=O) groups excluding carboxylic acids is 1. The molecule has 1 amide bonds. The third-order valence-electron chi connectivity index (χ3n) is 3.89. The topological polar surface area (TPSA) is 54.9 Å². The molecule has 18 heavy (non-hydrogen) atoms.